The molecule has 0 radical (unpaired) electrons. The monoisotopic (exact) mass is 428 g/mol. The maximum Gasteiger partial charge on any atom is 0.337 e. The molecular formula is C21H20N2O6S. The Balaban J connectivity index is 1.91. The fourth-order valence-electron chi connectivity index (χ4n) is 3.17. The number of hydrogen-bond donors (Lipinski definition) is 0. The first kappa shape index (κ1) is 21.4. The van der Waals surface area contributed by atoms with Crippen LogP contribution in [-0.2, 0) is 19.1 Å². The van der Waals surface area contributed by atoms with Gasteiger partial charge in [0.05, 0.1) is 24.7 Å². The van der Waals surface area contributed by atoms with Crippen LogP contribution >= 0.6 is 11.8 Å². The molecule has 1 aliphatic rings. The molecular weight excluding hydrogens is 408 g/mol. The summed E-state index contributed by atoms with van der Waals surface area (Å²) in [7, 11) is 2.53. The predicted octanol–water partition coefficient (Wildman–Crippen LogP) is 3.09. The van der Waals surface area contributed by atoms with Crippen LogP contribution in [-0.4, -0.2) is 53.3 Å². The van der Waals surface area contributed by atoms with Crippen molar-refractivity contribution in [1.29, 1.82) is 0 Å². The van der Waals surface area contributed by atoms with Crippen molar-refractivity contribution in [1.82, 2.24) is 9.47 Å². The molecule has 0 saturated carbocycles. The van der Waals surface area contributed by atoms with Crippen molar-refractivity contribution < 1.29 is 28.7 Å². The molecule has 1 aromatic carbocycles. The Morgan fingerprint density at radius 1 is 1.07 bits per heavy atom. The van der Waals surface area contributed by atoms with Crippen molar-refractivity contribution in [3.8, 4) is 5.69 Å². The lowest BCUT2D eigenvalue weighted by atomic mass is 10.2. The summed E-state index contributed by atoms with van der Waals surface area (Å²) in [5.41, 5.74) is 3.84. The van der Waals surface area contributed by atoms with E-state index in [1.807, 2.05) is 24.5 Å². The molecule has 0 atom stereocenters. The van der Waals surface area contributed by atoms with Crippen molar-refractivity contribution in [2.45, 2.75) is 13.8 Å². The number of aromatic nitrogens is 1. The molecule has 1 fully saturated rings. The second kappa shape index (κ2) is 8.58. The lowest BCUT2D eigenvalue weighted by Gasteiger charge is -2.10. The molecule has 2 amide bonds. The van der Waals surface area contributed by atoms with Gasteiger partial charge in [0, 0.05) is 17.1 Å². The molecule has 2 heterocycles. The number of benzene rings is 1. The molecule has 2 aromatic rings. The van der Waals surface area contributed by atoms with Crippen molar-refractivity contribution in [3.05, 3.63) is 57.8 Å². The second-order valence-corrected chi connectivity index (χ2v) is 7.54. The van der Waals surface area contributed by atoms with E-state index in [4.69, 9.17) is 4.74 Å². The van der Waals surface area contributed by atoms with E-state index in [-0.39, 0.29) is 4.91 Å². The minimum absolute atomic E-state index is 0.241. The van der Waals surface area contributed by atoms with Gasteiger partial charge < -0.3 is 14.0 Å². The fraction of sp³-hybridized carbons (Fsp3) is 0.238. The number of thioether (sulfide) groups is 1. The first-order valence-electron chi connectivity index (χ1n) is 8.96. The van der Waals surface area contributed by atoms with Gasteiger partial charge in [-0.05, 0) is 67.6 Å². The minimum Gasteiger partial charge on any atom is -0.468 e. The number of esters is 2. The summed E-state index contributed by atoms with van der Waals surface area (Å²) in [4.78, 5) is 48.8. The Bertz CT molecular complexity index is 1070. The maximum atomic E-state index is 12.5. The lowest BCUT2D eigenvalue weighted by Crippen LogP contribution is -2.34. The smallest absolute Gasteiger partial charge is 0.337 e. The number of methoxy groups -OCH3 is 2. The Labute approximate surface area is 177 Å². The van der Waals surface area contributed by atoms with Gasteiger partial charge in [0.15, 0.2) is 0 Å². The van der Waals surface area contributed by atoms with Gasteiger partial charge in [0.25, 0.3) is 11.1 Å². The SMILES string of the molecule is COC(=O)CN1C(=O)S/C(=C\c2cc(C)n(-c3ccc(C(=O)OC)cc3)c2C)C1=O. The average molecular weight is 428 g/mol. The van der Waals surface area contributed by atoms with Crippen LogP contribution in [0.4, 0.5) is 4.79 Å². The summed E-state index contributed by atoms with van der Waals surface area (Å²) in [6.45, 7) is 3.40. The topological polar surface area (TPSA) is 94.9 Å². The molecule has 0 aliphatic carbocycles. The van der Waals surface area contributed by atoms with Gasteiger partial charge in [0.2, 0.25) is 0 Å². The third-order valence-electron chi connectivity index (χ3n) is 4.69. The highest BCUT2D eigenvalue weighted by Gasteiger charge is 2.36. The molecule has 3 rings (SSSR count). The number of aryl methyl sites for hydroxylation is 1. The van der Waals surface area contributed by atoms with Gasteiger partial charge in [-0.25, -0.2) is 4.79 Å². The standard InChI is InChI=1S/C21H20N2O6S/c1-12-9-15(10-17-19(25)22(21(27)30-17)11-18(24)28-3)13(2)23(12)16-7-5-14(6-8-16)20(26)29-4/h5-10H,11H2,1-4H3/b17-10-. The number of amides is 2. The molecule has 0 spiro atoms. The minimum atomic E-state index is -0.660. The number of imide groups is 1. The summed E-state index contributed by atoms with van der Waals surface area (Å²) < 4.78 is 11.2. The van der Waals surface area contributed by atoms with Crippen molar-refractivity contribution in [3.63, 3.8) is 0 Å². The maximum absolute atomic E-state index is 12.5. The Morgan fingerprint density at radius 2 is 1.73 bits per heavy atom. The normalized spacial score (nSPS) is 15.1. The van der Waals surface area contributed by atoms with Gasteiger partial charge in [-0.3, -0.25) is 19.3 Å². The highest BCUT2D eigenvalue weighted by atomic mass is 32.2. The van der Waals surface area contributed by atoms with E-state index in [0.717, 1.165) is 39.3 Å². The predicted molar refractivity (Wildman–Crippen MR) is 111 cm³/mol. The first-order valence-corrected chi connectivity index (χ1v) is 9.78. The van der Waals surface area contributed by atoms with Crippen LogP contribution < -0.4 is 0 Å². The number of carbonyl (C=O) groups excluding carboxylic acids is 4. The van der Waals surface area contributed by atoms with Crippen molar-refractivity contribution in [2.24, 2.45) is 0 Å². The Hall–Kier alpha value is -3.33. The highest BCUT2D eigenvalue weighted by Crippen LogP contribution is 2.33. The van der Waals surface area contributed by atoms with Crippen LogP contribution in [0.2, 0.25) is 0 Å². The van der Waals surface area contributed by atoms with Gasteiger partial charge in [-0.2, -0.15) is 0 Å². The molecule has 1 aliphatic heterocycles. The molecule has 156 valence electrons. The van der Waals surface area contributed by atoms with E-state index in [9.17, 15) is 19.2 Å². The van der Waals surface area contributed by atoms with Gasteiger partial charge >= 0.3 is 11.9 Å². The van der Waals surface area contributed by atoms with Crippen LogP contribution in [0.5, 0.6) is 0 Å². The van der Waals surface area contributed by atoms with Gasteiger partial charge in [0.1, 0.15) is 6.54 Å². The summed E-state index contributed by atoms with van der Waals surface area (Å²) >= 11 is 0.787. The number of hydrogen-bond acceptors (Lipinski definition) is 7. The molecule has 1 saturated heterocycles. The third kappa shape index (κ3) is 4.02. The molecule has 8 nitrogen and oxygen atoms in total. The summed E-state index contributed by atoms with van der Waals surface area (Å²) in [6.07, 6.45) is 1.64. The zero-order chi connectivity index (χ0) is 22.0. The first-order chi connectivity index (χ1) is 14.3. The second-order valence-electron chi connectivity index (χ2n) is 6.54. The van der Waals surface area contributed by atoms with Gasteiger partial charge in [-0.1, -0.05) is 0 Å². The Kier molecular flexibility index (Phi) is 6.12. The highest BCUT2D eigenvalue weighted by molar-refractivity contribution is 8.18. The van der Waals surface area contributed by atoms with Crippen LogP contribution in [0.3, 0.4) is 0 Å². The molecule has 0 N–H and O–H groups in total. The number of nitrogens with zero attached hydrogens (tertiary/aromatic N) is 2. The zero-order valence-electron chi connectivity index (χ0n) is 16.9. The summed E-state index contributed by atoms with van der Waals surface area (Å²) in [5.74, 6) is -1.60. The van der Waals surface area contributed by atoms with E-state index in [2.05, 4.69) is 4.74 Å². The third-order valence-corrected chi connectivity index (χ3v) is 5.60. The molecule has 9 heteroatoms. The van der Waals surface area contributed by atoms with Crippen molar-refractivity contribution in [2.75, 3.05) is 20.8 Å². The molecule has 0 unspecified atom stereocenters. The van der Waals surface area contributed by atoms with E-state index in [1.54, 1.807) is 30.3 Å². The van der Waals surface area contributed by atoms with Crippen LogP contribution in [0, 0.1) is 13.8 Å². The summed E-state index contributed by atoms with van der Waals surface area (Å²) in [5, 5.41) is -0.510. The Morgan fingerprint density at radius 3 is 2.33 bits per heavy atom. The van der Waals surface area contributed by atoms with E-state index in [0.29, 0.717) is 5.56 Å². The molecule has 1 aromatic heterocycles. The zero-order valence-corrected chi connectivity index (χ0v) is 17.7. The quantitative estimate of drug-likeness (QED) is 0.533. The van der Waals surface area contributed by atoms with E-state index in [1.165, 1.54) is 14.2 Å². The van der Waals surface area contributed by atoms with Crippen LogP contribution in [0.15, 0.2) is 35.2 Å². The largest absolute Gasteiger partial charge is 0.468 e. The molecule has 0 bridgehead atoms. The fourth-order valence-corrected chi connectivity index (χ4v) is 4.00. The van der Waals surface area contributed by atoms with Crippen molar-refractivity contribution >= 4 is 40.9 Å². The van der Waals surface area contributed by atoms with E-state index < -0.39 is 29.6 Å². The molecule has 30 heavy (non-hydrogen) atoms. The average Bonchev–Trinajstić information content (AvgIpc) is 3.16. The van der Waals surface area contributed by atoms with Gasteiger partial charge in [-0.15, -0.1) is 0 Å². The van der Waals surface area contributed by atoms with E-state index >= 15 is 0 Å². The number of carbonyl (C=O) groups is 4. The lowest BCUT2D eigenvalue weighted by molar-refractivity contribution is -0.143. The van der Waals surface area contributed by atoms with Crippen LogP contribution in [0.1, 0.15) is 27.3 Å². The number of rotatable bonds is 5. The van der Waals surface area contributed by atoms with Crippen LogP contribution in [0.25, 0.3) is 11.8 Å². The summed E-state index contributed by atoms with van der Waals surface area (Å²) in [6, 6.07) is 8.87. The number of ether oxygens (including phenoxy) is 2.